The molecule has 1 fully saturated rings. The van der Waals surface area contributed by atoms with Crippen LogP contribution in [0.5, 0.6) is 5.75 Å². The molecule has 0 bridgehead atoms. The summed E-state index contributed by atoms with van der Waals surface area (Å²) in [6, 6.07) is 6.23. The van der Waals surface area contributed by atoms with Gasteiger partial charge in [-0.2, -0.15) is 0 Å². The fourth-order valence-corrected chi connectivity index (χ4v) is 5.34. The maximum atomic E-state index is 13.1. The molecular formula is C24H23NO4S. The van der Waals surface area contributed by atoms with E-state index in [1.54, 1.807) is 31.6 Å². The van der Waals surface area contributed by atoms with Gasteiger partial charge in [-0.3, -0.25) is 4.79 Å². The van der Waals surface area contributed by atoms with Gasteiger partial charge in [-0.05, 0) is 56.4 Å². The molecule has 1 aromatic carbocycles. The minimum Gasteiger partial charge on any atom is -0.494 e. The number of pyridine rings is 1. The molecule has 0 radical (unpaired) electrons. The Morgan fingerprint density at radius 3 is 2.83 bits per heavy atom. The highest BCUT2D eigenvalue weighted by Gasteiger charge is 2.29. The van der Waals surface area contributed by atoms with Crippen LogP contribution >= 0.6 is 11.3 Å². The fraction of sp³-hybridized carbons (Fsp3) is 0.333. The molecule has 5 rings (SSSR count). The zero-order valence-electron chi connectivity index (χ0n) is 17.1. The van der Waals surface area contributed by atoms with Gasteiger partial charge in [-0.15, -0.1) is 11.3 Å². The van der Waals surface area contributed by atoms with Crippen LogP contribution in [0.15, 0.2) is 35.3 Å². The molecule has 30 heavy (non-hydrogen) atoms. The molecule has 0 atom stereocenters. The van der Waals surface area contributed by atoms with E-state index in [0.717, 1.165) is 41.6 Å². The number of ether oxygens (including phenoxy) is 2. The highest BCUT2D eigenvalue weighted by molar-refractivity contribution is 7.15. The number of rotatable bonds is 5. The minimum atomic E-state index is -0.570. The summed E-state index contributed by atoms with van der Waals surface area (Å²) in [5, 5.41) is 0.495. The number of esters is 1. The van der Waals surface area contributed by atoms with E-state index in [1.807, 2.05) is 16.7 Å². The van der Waals surface area contributed by atoms with Gasteiger partial charge in [0.15, 0.2) is 5.75 Å². The van der Waals surface area contributed by atoms with Crippen molar-refractivity contribution >= 4 is 34.3 Å². The normalized spacial score (nSPS) is 15.3. The van der Waals surface area contributed by atoms with Crippen LogP contribution in [0.1, 0.15) is 53.0 Å². The van der Waals surface area contributed by atoms with E-state index in [-0.39, 0.29) is 23.6 Å². The van der Waals surface area contributed by atoms with Crippen LogP contribution in [-0.2, 0) is 11.2 Å². The van der Waals surface area contributed by atoms with Crippen molar-refractivity contribution in [2.24, 2.45) is 0 Å². The van der Waals surface area contributed by atoms with Crippen LogP contribution in [-0.4, -0.2) is 24.3 Å². The van der Waals surface area contributed by atoms with E-state index in [1.165, 1.54) is 10.4 Å². The lowest BCUT2D eigenvalue weighted by Crippen LogP contribution is -2.21. The molecule has 6 heteroatoms. The number of hydrogen-bond donors (Lipinski definition) is 0. The number of fused-ring (bicyclic) bond motifs is 2. The predicted octanol–water partition coefficient (Wildman–Crippen LogP) is 5.21. The SMILES string of the molecule is CCOC(=O)c1cn(C2CC2)c2c(OC)c(-c3cc4c(s3)CCC=C4)ccc2c1=O. The second kappa shape index (κ2) is 7.43. The van der Waals surface area contributed by atoms with Crippen LogP contribution < -0.4 is 10.2 Å². The lowest BCUT2D eigenvalue weighted by Gasteiger charge is -2.17. The summed E-state index contributed by atoms with van der Waals surface area (Å²) in [5.41, 5.74) is 2.79. The first-order valence-electron chi connectivity index (χ1n) is 10.3. The van der Waals surface area contributed by atoms with E-state index in [9.17, 15) is 9.59 Å². The number of aryl methyl sites for hydroxylation is 1. The Balaban J connectivity index is 1.76. The second-order valence-electron chi connectivity index (χ2n) is 7.70. The second-order valence-corrected chi connectivity index (χ2v) is 8.84. The third-order valence-electron chi connectivity index (χ3n) is 5.73. The van der Waals surface area contributed by atoms with E-state index >= 15 is 0 Å². The van der Waals surface area contributed by atoms with Gasteiger partial charge in [0.2, 0.25) is 5.43 Å². The first-order chi connectivity index (χ1) is 14.6. The van der Waals surface area contributed by atoms with E-state index < -0.39 is 5.97 Å². The average Bonchev–Trinajstić information content (AvgIpc) is 3.51. The summed E-state index contributed by atoms with van der Waals surface area (Å²) in [7, 11) is 1.65. The highest BCUT2D eigenvalue weighted by atomic mass is 32.1. The smallest absolute Gasteiger partial charge is 0.343 e. The van der Waals surface area contributed by atoms with Crippen molar-refractivity contribution in [2.45, 2.75) is 38.6 Å². The van der Waals surface area contributed by atoms with Gasteiger partial charge in [0.1, 0.15) is 5.56 Å². The number of thiophene rings is 1. The molecular weight excluding hydrogens is 398 g/mol. The molecule has 5 nitrogen and oxygen atoms in total. The molecule has 0 aliphatic heterocycles. The number of carbonyl (C=O) groups excluding carboxylic acids is 1. The topological polar surface area (TPSA) is 57.5 Å². The maximum absolute atomic E-state index is 13.1. The van der Waals surface area contributed by atoms with Gasteiger partial charge < -0.3 is 14.0 Å². The van der Waals surface area contributed by atoms with Crippen molar-refractivity contribution in [3.8, 4) is 16.2 Å². The third kappa shape index (κ3) is 3.06. The molecule has 2 aromatic heterocycles. The molecule has 2 aliphatic rings. The number of allylic oxidation sites excluding steroid dienone is 1. The van der Waals surface area contributed by atoms with Crippen molar-refractivity contribution in [2.75, 3.05) is 13.7 Å². The van der Waals surface area contributed by atoms with Gasteiger partial charge in [-0.1, -0.05) is 12.2 Å². The number of methoxy groups -OCH3 is 1. The summed E-state index contributed by atoms with van der Waals surface area (Å²) in [6.45, 7) is 1.98. The maximum Gasteiger partial charge on any atom is 0.343 e. The Labute approximate surface area is 178 Å². The van der Waals surface area contributed by atoms with Crippen molar-refractivity contribution in [1.29, 1.82) is 0 Å². The minimum absolute atomic E-state index is 0.0859. The molecule has 2 heterocycles. The van der Waals surface area contributed by atoms with Gasteiger partial charge in [-0.25, -0.2) is 4.79 Å². The van der Waals surface area contributed by atoms with Gasteiger partial charge in [0, 0.05) is 27.6 Å². The van der Waals surface area contributed by atoms with Gasteiger partial charge in [0.05, 0.1) is 24.6 Å². The molecule has 0 unspecified atom stereocenters. The van der Waals surface area contributed by atoms with Crippen molar-refractivity contribution in [3.05, 3.63) is 56.7 Å². The summed E-state index contributed by atoms with van der Waals surface area (Å²) < 4.78 is 13.0. The van der Waals surface area contributed by atoms with Gasteiger partial charge in [0.25, 0.3) is 0 Å². The van der Waals surface area contributed by atoms with Crippen LogP contribution in [0.4, 0.5) is 0 Å². The van der Waals surface area contributed by atoms with Gasteiger partial charge >= 0.3 is 5.97 Å². The van der Waals surface area contributed by atoms with Crippen molar-refractivity contribution in [3.63, 3.8) is 0 Å². The lowest BCUT2D eigenvalue weighted by atomic mass is 10.0. The summed E-state index contributed by atoms with van der Waals surface area (Å²) in [6.07, 6.45) is 10.2. The quantitative estimate of drug-likeness (QED) is 0.531. The lowest BCUT2D eigenvalue weighted by molar-refractivity contribution is 0.0524. The van der Waals surface area contributed by atoms with E-state index in [4.69, 9.17) is 9.47 Å². The third-order valence-corrected chi connectivity index (χ3v) is 6.97. The highest BCUT2D eigenvalue weighted by Crippen LogP contribution is 2.45. The van der Waals surface area contributed by atoms with Crippen molar-refractivity contribution in [1.82, 2.24) is 4.57 Å². The molecule has 0 saturated heterocycles. The van der Waals surface area contributed by atoms with Crippen molar-refractivity contribution < 1.29 is 14.3 Å². The van der Waals surface area contributed by atoms with E-state index in [2.05, 4.69) is 18.2 Å². The Morgan fingerprint density at radius 1 is 1.30 bits per heavy atom. The Morgan fingerprint density at radius 2 is 2.13 bits per heavy atom. The predicted molar refractivity (Wildman–Crippen MR) is 120 cm³/mol. The summed E-state index contributed by atoms with van der Waals surface area (Å²) in [4.78, 5) is 28.0. The first-order valence-corrected chi connectivity index (χ1v) is 11.2. The average molecular weight is 422 g/mol. The number of hydrogen-bond acceptors (Lipinski definition) is 5. The Kier molecular flexibility index (Phi) is 4.74. The molecule has 0 amide bonds. The Bertz CT molecular complexity index is 1250. The zero-order valence-corrected chi connectivity index (χ0v) is 17.9. The number of nitrogens with zero attached hydrogens (tertiary/aromatic N) is 1. The standard InChI is InChI=1S/C24H23NO4S/c1-3-29-24(27)18-13-25(15-8-9-15)21-17(22(18)26)11-10-16(23(21)28-2)20-12-14-6-4-5-7-19(14)30-20/h4,6,10-13,15H,3,5,7-9H2,1-2H3. The summed E-state index contributed by atoms with van der Waals surface area (Å²) in [5.74, 6) is 0.119. The molecule has 1 saturated carbocycles. The molecule has 3 aromatic rings. The van der Waals surface area contributed by atoms with E-state index in [0.29, 0.717) is 11.1 Å². The molecule has 154 valence electrons. The fourth-order valence-electron chi connectivity index (χ4n) is 4.15. The largest absolute Gasteiger partial charge is 0.494 e. The van der Waals surface area contributed by atoms with Crippen LogP contribution in [0.3, 0.4) is 0 Å². The number of carbonyl (C=O) groups is 1. The monoisotopic (exact) mass is 421 g/mol. The van der Waals surface area contributed by atoms with Crippen LogP contribution in [0.25, 0.3) is 27.4 Å². The zero-order chi connectivity index (χ0) is 20.8. The molecule has 0 N–H and O–H groups in total. The number of benzene rings is 1. The number of aromatic nitrogens is 1. The first kappa shape index (κ1) is 19.1. The van der Waals surface area contributed by atoms with Crippen LogP contribution in [0.2, 0.25) is 0 Å². The molecule has 2 aliphatic carbocycles. The Hall–Kier alpha value is -2.86. The van der Waals surface area contributed by atoms with Crippen LogP contribution in [0, 0.1) is 0 Å². The molecule has 0 spiro atoms. The summed E-state index contributed by atoms with van der Waals surface area (Å²) >= 11 is 1.78.